The highest BCUT2D eigenvalue weighted by Crippen LogP contribution is 2.28. The first-order chi connectivity index (χ1) is 9.15. The van der Waals surface area contributed by atoms with Crippen molar-refractivity contribution >= 4 is 17.7 Å². The Kier molecular flexibility index (Phi) is 4.43. The number of hydrogen-bond acceptors (Lipinski definition) is 5. The largest absolute Gasteiger partial charge is 0.337 e. The molecular weight excluding hydrogens is 262 g/mol. The van der Waals surface area contributed by atoms with Crippen molar-refractivity contribution in [2.75, 3.05) is 0 Å². The van der Waals surface area contributed by atoms with Crippen LogP contribution in [-0.2, 0) is 4.79 Å². The second kappa shape index (κ2) is 6.06. The minimum Gasteiger partial charge on any atom is -0.337 e. The Hall–Kier alpha value is -1.55. The van der Waals surface area contributed by atoms with Gasteiger partial charge in [-0.25, -0.2) is 4.98 Å². The maximum Gasteiger partial charge on any atom is 0.234 e. The summed E-state index contributed by atoms with van der Waals surface area (Å²) >= 11 is 1.31. The molecule has 0 saturated heterocycles. The lowest BCUT2D eigenvalue weighted by Gasteiger charge is -2.32. The first kappa shape index (κ1) is 13.9. The van der Waals surface area contributed by atoms with E-state index in [1.54, 1.807) is 6.92 Å². The second-order valence-corrected chi connectivity index (χ2v) is 6.12. The Morgan fingerprint density at radius 3 is 2.89 bits per heavy atom. The zero-order chi connectivity index (χ0) is 13.7. The van der Waals surface area contributed by atoms with E-state index in [4.69, 9.17) is 0 Å². The fraction of sp³-hybridized carbons (Fsp3) is 0.667. The summed E-state index contributed by atoms with van der Waals surface area (Å²) in [5, 5.41) is 19.0. The molecule has 7 heteroatoms. The van der Waals surface area contributed by atoms with Crippen LogP contribution >= 0.6 is 11.8 Å². The maximum atomic E-state index is 12.2. The normalized spacial score (nSPS) is 19.4. The van der Waals surface area contributed by atoms with Crippen molar-refractivity contribution in [1.29, 1.82) is 5.26 Å². The molecule has 1 aromatic heterocycles. The summed E-state index contributed by atoms with van der Waals surface area (Å²) in [6.45, 7) is 1.80. The molecule has 0 unspecified atom stereocenters. The van der Waals surface area contributed by atoms with E-state index in [1.165, 1.54) is 18.1 Å². The van der Waals surface area contributed by atoms with Gasteiger partial charge in [0.15, 0.2) is 5.16 Å². The quantitative estimate of drug-likeness (QED) is 0.817. The average molecular weight is 279 g/mol. The van der Waals surface area contributed by atoms with Crippen LogP contribution in [0.5, 0.6) is 0 Å². The maximum absolute atomic E-state index is 12.2. The summed E-state index contributed by atoms with van der Waals surface area (Å²) in [5.74, 6) is -0.121. The molecule has 102 valence electrons. The number of amides is 1. The number of nitrogens with one attached hydrogen (secondary N) is 2. The van der Waals surface area contributed by atoms with Crippen LogP contribution in [0.25, 0.3) is 0 Å². The van der Waals surface area contributed by atoms with Crippen LogP contribution in [0.2, 0.25) is 0 Å². The van der Waals surface area contributed by atoms with Gasteiger partial charge in [-0.3, -0.25) is 9.89 Å². The van der Waals surface area contributed by atoms with Crippen LogP contribution in [0.3, 0.4) is 0 Å². The van der Waals surface area contributed by atoms with Gasteiger partial charge in [-0.1, -0.05) is 31.0 Å². The van der Waals surface area contributed by atoms with Gasteiger partial charge in [0.25, 0.3) is 0 Å². The van der Waals surface area contributed by atoms with Gasteiger partial charge in [0.2, 0.25) is 5.91 Å². The summed E-state index contributed by atoms with van der Waals surface area (Å²) in [7, 11) is 0. The number of aromatic nitrogens is 3. The number of aromatic amines is 1. The van der Waals surface area contributed by atoms with Crippen molar-refractivity contribution < 1.29 is 4.79 Å². The van der Waals surface area contributed by atoms with E-state index >= 15 is 0 Å². The van der Waals surface area contributed by atoms with Crippen molar-refractivity contribution in [2.24, 2.45) is 0 Å². The zero-order valence-electron chi connectivity index (χ0n) is 10.8. The Morgan fingerprint density at radius 1 is 1.58 bits per heavy atom. The zero-order valence-corrected chi connectivity index (χ0v) is 11.7. The molecule has 1 aliphatic carbocycles. The molecule has 1 heterocycles. The van der Waals surface area contributed by atoms with Crippen LogP contribution in [0, 0.1) is 11.3 Å². The number of carbonyl (C=O) groups excluding carboxylic acids is 1. The van der Waals surface area contributed by atoms with Crippen LogP contribution in [0.4, 0.5) is 0 Å². The van der Waals surface area contributed by atoms with Gasteiger partial charge in [-0.2, -0.15) is 10.4 Å². The molecule has 0 spiro atoms. The van der Waals surface area contributed by atoms with Gasteiger partial charge >= 0.3 is 0 Å². The van der Waals surface area contributed by atoms with Gasteiger partial charge in [0, 0.05) is 0 Å². The van der Waals surface area contributed by atoms with Crippen molar-refractivity contribution in [2.45, 2.75) is 55.0 Å². The Bertz CT molecular complexity index is 461. The first-order valence-electron chi connectivity index (χ1n) is 6.40. The smallest absolute Gasteiger partial charge is 0.234 e. The molecule has 2 N–H and O–H groups in total. The SMILES string of the molecule is C[C@@H](Sc1ncn[nH]1)C(=O)NC1(C#N)CCCCC1. The summed E-state index contributed by atoms with van der Waals surface area (Å²) in [6.07, 6.45) is 6.03. The first-order valence-corrected chi connectivity index (χ1v) is 7.28. The van der Waals surface area contributed by atoms with Crippen molar-refractivity contribution in [3.05, 3.63) is 6.33 Å². The van der Waals surface area contributed by atoms with Crippen molar-refractivity contribution in [1.82, 2.24) is 20.5 Å². The third-order valence-corrected chi connectivity index (χ3v) is 4.32. The van der Waals surface area contributed by atoms with Gasteiger partial charge in [-0.15, -0.1) is 0 Å². The average Bonchev–Trinajstić information content (AvgIpc) is 2.92. The fourth-order valence-corrected chi connectivity index (χ4v) is 2.94. The number of rotatable bonds is 4. The molecule has 1 atom stereocenters. The van der Waals surface area contributed by atoms with Crippen LogP contribution < -0.4 is 5.32 Å². The highest BCUT2D eigenvalue weighted by molar-refractivity contribution is 8.00. The topological polar surface area (TPSA) is 94.5 Å². The molecule has 0 aliphatic heterocycles. The van der Waals surface area contributed by atoms with E-state index in [-0.39, 0.29) is 11.2 Å². The molecule has 0 bridgehead atoms. The number of H-pyrrole nitrogens is 1. The summed E-state index contributed by atoms with van der Waals surface area (Å²) < 4.78 is 0. The predicted molar refractivity (Wildman–Crippen MR) is 71.3 cm³/mol. The summed E-state index contributed by atoms with van der Waals surface area (Å²) in [4.78, 5) is 16.1. The molecular formula is C12H17N5OS. The molecule has 1 amide bonds. The number of nitriles is 1. The molecule has 19 heavy (non-hydrogen) atoms. The lowest BCUT2D eigenvalue weighted by Crippen LogP contribution is -2.50. The summed E-state index contributed by atoms with van der Waals surface area (Å²) in [6, 6.07) is 2.29. The standard InChI is InChI=1S/C12H17N5OS/c1-9(19-11-14-8-15-17-11)10(18)16-12(7-13)5-3-2-4-6-12/h8-9H,2-6H2,1H3,(H,16,18)(H,14,15,17)/t9-/m1/s1. The van der Waals surface area contributed by atoms with Gasteiger partial charge in [0.05, 0.1) is 11.3 Å². The van der Waals surface area contributed by atoms with E-state index < -0.39 is 5.54 Å². The lowest BCUT2D eigenvalue weighted by atomic mass is 9.83. The third kappa shape index (κ3) is 3.47. The van der Waals surface area contributed by atoms with Crippen molar-refractivity contribution in [3.8, 4) is 6.07 Å². The Morgan fingerprint density at radius 2 is 2.32 bits per heavy atom. The van der Waals surface area contributed by atoms with Gasteiger partial charge < -0.3 is 5.32 Å². The molecule has 2 rings (SSSR count). The van der Waals surface area contributed by atoms with Crippen LogP contribution in [-0.4, -0.2) is 31.9 Å². The third-order valence-electron chi connectivity index (χ3n) is 3.33. The van der Waals surface area contributed by atoms with Crippen molar-refractivity contribution in [3.63, 3.8) is 0 Å². The Balaban J connectivity index is 1.94. The highest BCUT2D eigenvalue weighted by atomic mass is 32.2. The lowest BCUT2D eigenvalue weighted by molar-refractivity contribution is -0.121. The van der Waals surface area contributed by atoms with E-state index in [9.17, 15) is 10.1 Å². The Labute approximate surface area is 116 Å². The fourth-order valence-electron chi connectivity index (χ4n) is 2.23. The number of thioether (sulfide) groups is 1. The number of hydrogen-bond donors (Lipinski definition) is 2. The van der Waals surface area contributed by atoms with Gasteiger partial charge in [-0.05, 0) is 19.8 Å². The van der Waals surface area contributed by atoms with E-state index in [0.29, 0.717) is 5.16 Å². The number of nitrogens with zero attached hydrogens (tertiary/aromatic N) is 3. The van der Waals surface area contributed by atoms with E-state index in [1.807, 2.05) is 0 Å². The van der Waals surface area contributed by atoms with E-state index in [2.05, 4.69) is 26.6 Å². The molecule has 1 saturated carbocycles. The highest BCUT2D eigenvalue weighted by Gasteiger charge is 2.34. The summed E-state index contributed by atoms with van der Waals surface area (Å²) in [5.41, 5.74) is -0.675. The minimum absolute atomic E-state index is 0.121. The molecule has 6 nitrogen and oxygen atoms in total. The van der Waals surface area contributed by atoms with Gasteiger partial charge in [0.1, 0.15) is 11.9 Å². The number of carbonyl (C=O) groups is 1. The molecule has 1 fully saturated rings. The van der Waals surface area contributed by atoms with Crippen LogP contribution in [0.1, 0.15) is 39.0 Å². The molecule has 0 radical (unpaired) electrons. The van der Waals surface area contributed by atoms with E-state index in [0.717, 1.165) is 32.1 Å². The van der Waals surface area contributed by atoms with Crippen LogP contribution in [0.15, 0.2) is 11.5 Å². The molecule has 0 aromatic carbocycles. The monoisotopic (exact) mass is 279 g/mol. The molecule has 1 aliphatic rings. The predicted octanol–water partition coefficient (Wildman–Crippen LogP) is 1.63. The second-order valence-electron chi connectivity index (χ2n) is 4.79. The minimum atomic E-state index is -0.675. The molecule has 1 aromatic rings.